The Morgan fingerprint density at radius 1 is 1.08 bits per heavy atom. The molecule has 0 aliphatic rings. The average molecular weight is 333 g/mol. The van der Waals surface area contributed by atoms with Gasteiger partial charge < -0.3 is 19.5 Å². The summed E-state index contributed by atoms with van der Waals surface area (Å²) in [6.45, 7) is 1.83. The molecule has 2 aromatic rings. The first-order valence-corrected chi connectivity index (χ1v) is 7.52. The largest absolute Gasteiger partial charge is 0.497 e. The van der Waals surface area contributed by atoms with Crippen molar-refractivity contribution in [2.24, 2.45) is 0 Å². The lowest BCUT2D eigenvalue weighted by molar-refractivity contribution is -0.122. The fourth-order valence-corrected chi connectivity index (χ4v) is 2.11. The molecule has 0 saturated heterocycles. The SMILES string of the molecule is CCC(Oc1ccc(F)cc1)C(=O)Nc1ccc(OC)cc1OC. The molecule has 0 aliphatic carbocycles. The summed E-state index contributed by atoms with van der Waals surface area (Å²) in [5.74, 6) is 0.868. The van der Waals surface area contributed by atoms with Gasteiger partial charge in [-0.15, -0.1) is 0 Å². The molecule has 0 aromatic heterocycles. The molecule has 0 aliphatic heterocycles. The first-order chi connectivity index (χ1) is 11.6. The molecule has 2 rings (SSSR count). The van der Waals surface area contributed by atoms with Gasteiger partial charge in [0.25, 0.3) is 5.91 Å². The third-order valence-electron chi connectivity index (χ3n) is 3.42. The predicted molar refractivity (Wildman–Crippen MR) is 89.3 cm³/mol. The zero-order valence-electron chi connectivity index (χ0n) is 13.8. The van der Waals surface area contributed by atoms with Gasteiger partial charge in [0.2, 0.25) is 0 Å². The molecule has 1 N–H and O–H groups in total. The van der Waals surface area contributed by atoms with Crippen molar-refractivity contribution in [1.29, 1.82) is 0 Å². The van der Waals surface area contributed by atoms with E-state index in [9.17, 15) is 9.18 Å². The Balaban J connectivity index is 2.10. The number of nitrogens with one attached hydrogen (secondary N) is 1. The number of anilines is 1. The molecule has 0 radical (unpaired) electrons. The van der Waals surface area contributed by atoms with Crippen molar-refractivity contribution in [3.8, 4) is 17.2 Å². The highest BCUT2D eigenvalue weighted by Crippen LogP contribution is 2.29. The van der Waals surface area contributed by atoms with Crippen LogP contribution in [0, 0.1) is 5.82 Å². The zero-order valence-corrected chi connectivity index (χ0v) is 13.8. The highest BCUT2D eigenvalue weighted by molar-refractivity contribution is 5.95. The van der Waals surface area contributed by atoms with E-state index >= 15 is 0 Å². The van der Waals surface area contributed by atoms with Crippen molar-refractivity contribution in [1.82, 2.24) is 0 Å². The van der Waals surface area contributed by atoms with Gasteiger partial charge in [0.1, 0.15) is 23.1 Å². The Labute approximate surface area is 140 Å². The number of hydrogen-bond donors (Lipinski definition) is 1. The number of rotatable bonds is 7. The summed E-state index contributed by atoms with van der Waals surface area (Å²) in [5.41, 5.74) is 0.518. The number of halogens is 1. The molecule has 6 heteroatoms. The quantitative estimate of drug-likeness (QED) is 0.840. The van der Waals surface area contributed by atoms with Gasteiger partial charge in [-0.2, -0.15) is 0 Å². The minimum Gasteiger partial charge on any atom is -0.497 e. The Kier molecular flexibility index (Phi) is 6.01. The van der Waals surface area contributed by atoms with Crippen LogP contribution in [-0.2, 0) is 4.79 Å². The Bertz CT molecular complexity index is 688. The number of hydrogen-bond acceptors (Lipinski definition) is 4. The van der Waals surface area contributed by atoms with E-state index in [0.717, 1.165) is 0 Å². The van der Waals surface area contributed by atoms with Crippen LogP contribution < -0.4 is 19.5 Å². The van der Waals surface area contributed by atoms with Crippen LogP contribution in [0.4, 0.5) is 10.1 Å². The maximum atomic E-state index is 12.9. The van der Waals surface area contributed by atoms with Crippen molar-refractivity contribution in [2.75, 3.05) is 19.5 Å². The molecule has 0 spiro atoms. The molecule has 1 unspecified atom stereocenters. The Morgan fingerprint density at radius 2 is 1.75 bits per heavy atom. The lowest BCUT2D eigenvalue weighted by atomic mass is 10.2. The van der Waals surface area contributed by atoms with Crippen molar-refractivity contribution in [3.63, 3.8) is 0 Å². The highest BCUT2D eigenvalue weighted by atomic mass is 19.1. The molecule has 128 valence electrons. The maximum absolute atomic E-state index is 12.9. The second-order valence-electron chi connectivity index (χ2n) is 5.02. The van der Waals surface area contributed by atoms with Crippen LogP contribution in [0.1, 0.15) is 13.3 Å². The molecule has 24 heavy (non-hydrogen) atoms. The van der Waals surface area contributed by atoms with E-state index in [1.54, 1.807) is 25.3 Å². The van der Waals surface area contributed by atoms with Gasteiger partial charge in [0.15, 0.2) is 6.10 Å². The van der Waals surface area contributed by atoms with E-state index in [-0.39, 0.29) is 11.7 Å². The molecule has 0 bridgehead atoms. The summed E-state index contributed by atoms with van der Waals surface area (Å²) < 4.78 is 28.9. The Morgan fingerprint density at radius 3 is 2.33 bits per heavy atom. The van der Waals surface area contributed by atoms with Crippen molar-refractivity contribution in [3.05, 3.63) is 48.3 Å². The van der Waals surface area contributed by atoms with E-state index < -0.39 is 6.10 Å². The molecule has 1 amide bonds. The summed E-state index contributed by atoms with van der Waals surface area (Å²) >= 11 is 0. The first kappa shape index (κ1) is 17.6. The number of ether oxygens (including phenoxy) is 3. The van der Waals surface area contributed by atoms with Gasteiger partial charge in [0, 0.05) is 6.07 Å². The third kappa shape index (κ3) is 4.38. The minimum atomic E-state index is -0.706. The molecule has 1 atom stereocenters. The molecule has 0 saturated carbocycles. The predicted octanol–water partition coefficient (Wildman–Crippen LogP) is 3.64. The number of benzene rings is 2. The van der Waals surface area contributed by atoms with Crippen molar-refractivity contribution >= 4 is 11.6 Å². The average Bonchev–Trinajstić information content (AvgIpc) is 2.61. The summed E-state index contributed by atoms with van der Waals surface area (Å²) in [6.07, 6.45) is -0.246. The normalized spacial score (nSPS) is 11.5. The molecular formula is C18H20FNO4. The second kappa shape index (κ2) is 8.19. The van der Waals surface area contributed by atoms with E-state index in [0.29, 0.717) is 29.4 Å². The van der Waals surface area contributed by atoms with Gasteiger partial charge >= 0.3 is 0 Å². The van der Waals surface area contributed by atoms with Crippen LogP contribution in [0.5, 0.6) is 17.2 Å². The van der Waals surface area contributed by atoms with Gasteiger partial charge in [-0.1, -0.05) is 6.92 Å². The van der Waals surface area contributed by atoms with E-state index in [4.69, 9.17) is 14.2 Å². The summed E-state index contributed by atoms with van der Waals surface area (Å²) in [7, 11) is 3.06. The number of carbonyl (C=O) groups is 1. The monoisotopic (exact) mass is 333 g/mol. The van der Waals surface area contributed by atoms with Gasteiger partial charge in [-0.3, -0.25) is 4.79 Å². The lowest BCUT2D eigenvalue weighted by Crippen LogP contribution is -2.32. The third-order valence-corrected chi connectivity index (χ3v) is 3.42. The minimum absolute atomic E-state index is 0.315. The maximum Gasteiger partial charge on any atom is 0.265 e. The lowest BCUT2D eigenvalue weighted by Gasteiger charge is -2.18. The van der Waals surface area contributed by atoms with Crippen LogP contribution in [0.3, 0.4) is 0 Å². The fraction of sp³-hybridized carbons (Fsp3) is 0.278. The van der Waals surface area contributed by atoms with E-state index in [1.165, 1.54) is 31.4 Å². The summed E-state index contributed by atoms with van der Waals surface area (Å²) in [4.78, 5) is 12.4. The van der Waals surface area contributed by atoms with Crippen LogP contribution in [0.25, 0.3) is 0 Å². The van der Waals surface area contributed by atoms with Crippen LogP contribution in [0.15, 0.2) is 42.5 Å². The molecule has 2 aromatic carbocycles. The van der Waals surface area contributed by atoms with Crippen LogP contribution in [0.2, 0.25) is 0 Å². The van der Waals surface area contributed by atoms with Gasteiger partial charge in [-0.25, -0.2) is 4.39 Å². The Hall–Kier alpha value is -2.76. The second-order valence-corrected chi connectivity index (χ2v) is 5.02. The number of carbonyl (C=O) groups excluding carboxylic acids is 1. The number of amides is 1. The van der Waals surface area contributed by atoms with Gasteiger partial charge in [-0.05, 0) is 42.8 Å². The standard InChI is InChI=1S/C18H20FNO4/c1-4-16(24-13-7-5-12(19)6-8-13)18(21)20-15-10-9-14(22-2)11-17(15)23-3/h5-11,16H,4H2,1-3H3,(H,20,21). The van der Waals surface area contributed by atoms with E-state index in [1.807, 2.05) is 6.92 Å². The summed E-state index contributed by atoms with van der Waals surface area (Å²) in [6, 6.07) is 10.6. The number of methoxy groups -OCH3 is 2. The first-order valence-electron chi connectivity index (χ1n) is 7.52. The van der Waals surface area contributed by atoms with Crippen LogP contribution >= 0.6 is 0 Å². The molecule has 5 nitrogen and oxygen atoms in total. The smallest absolute Gasteiger partial charge is 0.265 e. The van der Waals surface area contributed by atoms with Crippen molar-refractivity contribution in [2.45, 2.75) is 19.4 Å². The van der Waals surface area contributed by atoms with Gasteiger partial charge in [0.05, 0.1) is 19.9 Å². The van der Waals surface area contributed by atoms with Crippen LogP contribution in [-0.4, -0.2) is 26.2 Å². The topological polar surface area (TPSA) is 56.8 Å². The fourth-order valence-electron chi connectivity index (χ4n) is 2.11. The highest BCUT2D eigenvalue weighted by Gasteiger charge is 2.20. The molecular weight excluding hydrogens is 313 g/mol. The van der Waals surface area contributed by atoms with E-state index in [2.05, 4.69) is 5.32 Å². The molecule has 0 fully saturated rings. The zero-order chi connectivity index (χ0) is 17.5. The van der Waals surface area contributed by atoms with Crippen molar-refractivity contribution < 1.29 is 23.4 Å². The summed E-state index contributed by atoms with van der Waals surface area (Å²) in [5, 5.41) is 2.78. The molecule has 0 heterocycles.